The van der Waals surface area contributed by atoms with Crippen molar-refractivity contribution in [2.24, 2.45) is 0 Å². The monoisotopic (exact) mass is 199 g/mol. The van der Waals surface area contributed by atoms with Crippen molar-refractivity contribution in [2.75, 3.05) is 11.4 Å². The van der Waals surface area contributed by atoms with Gasteiger partial charge in [0.05, 0.1) is 6.54 Å². The fraction of sp³-hybridized carbons (Fsp3) is 0.500. The fourth-order valence-electron chi connectivity index (χ4n) is 1.66. The molecule has 1 aromatic rings. The number of aromatic nitrogens is 2. The minimum atomic E-state index is 1.03. The maximum absolute atomic E-state index is 4.41. The summed E-state index contributed by atoms with van der Waals surface area (Å²) in [6, 6.07) is 0. The molecule has 3 aliphatic heterocycles. The third kappa shape index (κ3) is 0.389. The molecule has 4 bridgehead atoms. The minimum Gasteiger partial charge on any atom is -0.345 e. The van der Waals surface area contributed by atoms with Crippen LogP contribution in [0.2, 0.25) is 0 Å². The van der Waals surface area contributed by atoms with Gasteiger partial charge < -0.3 is 9.47 Å². The van der Waals surface area contributed by atoms with Gasteiger partial charge in [-0.25, -0.2) is 4.98 Å². The summed E-state index contributed by atoms with van der Waals surface area (Å²) >= 11 is 3.50. The van der Waals surface area contributed by atoms with E-state index in [1.807, 2.05) is 0 Å². The molecular formula is C6H6BrN3. The Morgan fingerprint density at radius 3 is 2.80 bits per heavy atom. The van der Waals surface area contributed by atoms with Gasteiger partial charge in [0, 0.05) is 13.1 Å². The van der Waals surface area contributed by atoms with Gasteiger partial charge in [-0.2, -0.15) is 0 Å². The lowest BCUT2D eigenvalue weighted by Crippen LogP contribution is -2.34. The first-order chi connectivity index (χ1) is 4.86. The van der Waals surface area contributed by atoms with E-state index >= 15 is 0 Å². The summed E-state index contributed by atoms with van der Waals surface area (Å²) in [7, 11) is 0. The van der Waals surface area contributed by atoms with Crippen LogP contribution in [0, 0.1) is 0 Å². The predicted molar refractivity (Wildman–Crippen MR) is 41.0 cm³/mol. The Balaban J connectivity index is 2.42. The third-order valence-corrected chi connectivity index (χ3v) is 2.98. The molecule has 0 radical (unpaired) electrons. The van der Waals surface area contributed by atoms with Gasteiger partial charge in [0.25, 0.3) is 0 Å². The second-order valence-corrected chi connectivity index (χ2v) is 3.47. The molecule has 4 heteroatoms. The van der Waals surface area contributed by atoms with Gasteiger partial charge in [-0.1, -0.05) is 0 Å². The molecule has 10 heavy (non-hydrogen) atoms. The van der Waals surface area contributed by atoms with E-state index in [2.05, 4.69) is 30.4 Å². The van der Waals surface area contributed by atoms with Crippen molar-refractivity contribution in [3.8, 4) is 0 Å². The highest BCUT2D eigenvalue weighted by Crippen LogP contribution is 2.37. The van der Waals surface area contributed by atoms with Gasteiger partial charge in [-0.3, -0.25) is 0 Å². The summed E-state index contributed by atoms with van der Waals surface area (Å²) in [6.45, 7) is 3.27. The normalized spacial score (nSPS) is 19.1. The number of hydrogen-bond acceptors (Lipinski definition) is 2. The lowest BCUT2D eigenvalue weighted by Gasteiger charge is -2.29. The van der Waals surface area contributed by atoms with Crippen LogP contribution >= 0.6 is 15.9 Å². The molecule has 1 aromatic heterocycles. The summed E-state index contributed by atoms with van der Waals surface area (Å²) in [5, 5.41) is 0. The molecule has 0 atom stereocenters. The minimum absolute atomic E-state index is 1.03. The van der Waals surface area contributed by atoms with Gasteiger partial charge in [-0.15, -0.1) is 0 Å². The largest absolute Gasteiger partial charge is 0.345 e. The Labute approximate surface area is 66.8 Å². The van der Waals surface area contributed by atoms with Gasteiger partial charge in [0.15, 0.2) is 5.82 Å². The van der Waals surface area contributed by atoms with Crippen molar-refractivity contribution in [1.82, 2.24) is 9.55 Å². The van der Waals surface area contributed by atoms with Crippen LogP contribution in [-0.4, -0.2) is 16.1 Å². The van der Waals surface area contributed by atoms with Crippen molar-refractivity contribution < 1.29 is 0 Å². The molecule has 0 aliphatic carbocycles. The molecule has 52 valence electrons. The topological polar surface area (TPSA) is 21.1 Å². The first-order valence-corrected chi connectivity index (χ1v) is 4.15. The molecule has 0 saturated carbocycles. The number of halogens is 1. The number of anilines is 1. The number of rotatable bonds is 0. The Morgan fingerprint density at radius 1 is 1.40 bits per heavy atom. The zero-order chi connectivity index (χ0) is 6.72. The Hall–Kier alpha value is -0.510. The van der Waals surface area contributed by atoms with E-state index < -0.39 is 0 Å². The van der Waals surface area contributed by atoms with Gasteiger partial charge in [0.1, 0.15) is 10.4 Å². The molecule has 4 rings (SSSR count). The van der Waals surface area contributed by atoms with Crippen LogP contribution in [-0.2, 0) is 13.1 Å². The van der Waals surface area contributed by atoms with E-state index in [0.717, 1.165) is 25.5 Å². The van der Waals surface area contributed by atoms with E-state index in [-0.39, 0.29) is 0 Å². The molecule has 3 nitrogen and oxygen atoms in total. The lowest BCUT2D eigenvalue weighted by molar-refractivity contribution is 0.545. The summed E-state index contributed by atoms with van der Waals surface area (Å²) < 4.78 is 3.41. The van der Waals surface area contributed by atoms with E-state index in [0.29, 0.717) is 0 Å². The smallest absolute Gasteiger partial charge is 0.162 e. The number of hydrogen-bond donors (Lipinski definition) is 0. The van der Waals surface area contributed by atoms with Crippen LogP contribution in [0.15, 0.2) is 4.60 Å². The van der Waals surface area contributed by atoms with Crippen LogP contribution in [0.25, 0.3) is 0 Å². The van der Waals surface area contributed by atoms with Crippen LogP contribution in [0.4, 0.5) is 5.82 Å². The first kappa shape index (κ1) is 5.18. The number of fused-ring (bicyclic) bond motifs is 1. The summed E-state index contributed by atoms with van der Waals surface area (Å²) in [6.07, 6.45) is 0. The quantitative estimate of drug-likeness (QED) is 0.622. The Bertz CT molecular complexity index is 304. The predicted octanol–water partition coefficient (Wildman–Crippen LogP) is 0.979. The molecule has 0 N–H and O–H groups in total. The van der Waals surface area contributed by atoms with E-state index in [1.54, 1.807) is 0 Å². The average Bonchev–Trinajstić information content (AvgIpc) is 2.41. The van der Waals surface area contributed by atoms with Gasteiger partial charge in [0.2, 0.25) is 0 Å². The maximum Gasteiger partial charge on any atom is 0.162 e. The summed E-state index contributed by atoms with van der Waals surface area (Å²) in [4.78, 5) is 6.71. The second kappa shape index (κ2) is 1.39. The second-order valence-electron chi connectivity index (χ2n) is 2.72. The van der Waals surface area contributed by atoms with Crippen molar-refractivity contribution in [1.29, 1.82) is 0 Å². The lowest BCUT2D eigenvalue weighted by atomic mass is 10.3. The highest BCUT2D eigenvalue weighted by atomic mass is 79.9. The van der Waals surface area contributed by atoms with Crippen molar-refractivity contribution in [3.63, 3.8) is 0 Å². The SMILES string of the molecule is Brc1c2nc3n1CCN2C3. The van der Waals surface area contributed by atoms with Gasteiger partial charge >= 0.3 is 0 Å². The molecule has 0 amide bonds. The first-order valence-electron chi connectivity index (χ1n) is 3.36. The Morgan fingerprint density at radius 2 is 2.30 bits per heavy atom. The standard InChI is InChI=1S/C6H6BrN3/c7-5-6-8-4-3-9(6)1-2-10(4)5/h1-3H2. The van der Waals surface area contributed by atoms with Crippen molar-refractivity contribution in [3.05, 3.63) is 10.4 Å². The molecule has 0 unspecified atom stereocenters. The molecule has 0 fully saturated rings. The number of nitrogens with zero attached hydrogens (tertiary/aromatic N) is 3. The summed E-state index contributed by atoms with van der Waals surface area (Å²) in [5.74, 6) is 2.36. The highest BCUT2D eigenvalue weighted by molar-refractivity contribution is 9.10. The average molecular weight is 200 g/mol. The molecule has 0 aromatic carbocycles. The van der Waals surface area contributed by atoms with Crippen LogP contribution in [0.3, 0.4) is 0 Å². The van der Waals surface area contributed by atoms with Crippen LogP contribution in [0.1, 0.15) is 5.82 Å². The molecule has 0 saturated heterocycles. The van der Waals surface area contributed by atoms with E-state index in [9.17, 15) is 0 Å². The van der Waals surface area contributed by atoms with Crippen molar-refractivity contribution in [2.45, 2.75) is 13.1 Å². The van der Waals surface area contributed by atoms with E-state index in [4.69, 9.17) is 0 Å². The van der Waals surface area contributed by atoms with Crippen molar-refractivity contribution >= 4 is 21.7 Å². The number of imidazole rings is 1. The molecular weight excluding hydrogens is 194 g/mol. The molecule has 4 heterocycles. The van der Waals surface area contributed by atoms with E-state index in [1.165, 1.54) is 10.4 Å². The molecule has 3 aliphatic rings. The zero-order valence-electron chi connectivity index (χ0n) is 5.34. The molecule has 0 spiro atoms. The highest BCUT2D eigenvalue weighted by Gasteiger charge is 2.32. The summed E-state index contributed by atoms with van der Waals surface area (Å²) in [5.41, 5.74) is 0. The zero-order valence-corrected chi connectivity index (χ0v) is 6.93. The van der Waals surface area contributed by atoms with Gasteiger partial charge in [-0.05, 0) is 15.9 Å². The van der Waals surface area contributed by atoms with Crippen LogP contribution in [0.5, 0.6) is 0 Å². The fourth-order valence-corrected chi connectivity index (χ4v) is 2.38. The third-order valence-electron chi connectivity index (χ3n) is 2.19. The maximum atomic E-state index is 4.41. The van der Waals surface area contributed by atoms with Crippen LogP contribution < -0.4 is 4.90 Å². The Kier molecular flexibility index (Phi) is 0.722.